The molecule has 1 atom stereocenters. The maximum Gasteiger partial charge on any atom is 0.147 e. The van der Waals surface area contributed by atoms with E-state index < -0.39 is 9.84 Å². The lowest BCUT2D eigenvalue weighted by Gasteiger charge is -2.17. The second-order valence-electron chi connectivity index (χ2n) is 4.56. The molecular formula is C13H21NO2S. The Labute approximate surface area is 104 Å². The van der Waals surface area contributed by atoms with Crippen LogP contribution in [0.5, 0.6) is 0 Å². The van der Waals surface area contributed by atoms with Gasteiger partial charge in [0.05, 0.1) is 0 Å². The molecule has 4 heteroatoms. The van der Waals surface area contributed by atoms with Crippen molar-refractivity contribution in [3.05, 3.63) is 35.4 Å². The highest BCUT2D eigenvalue weighted by molar-refractivity contribution is 7.90. The van der Waals surface area contributed by atoms with Crippen LogP contribution in [-0.4, -0.2) is 27.0 Å². The van der Waals surface area contributed by atoms with Crippen molar-refractivity contribution in [3.63, 3.8) is 0 Å². The van der Waals surface area contributed by atoms with Crippen LogP contribution in [0.2, 0.25) is 0 Å². The van der Waals surface area contributed by atoms with Crippen LogP contribution in [0.3, 0.4) is 0 Å². The van der Waals surface area contributed by atoms with E-state index in [4.69, 9.17) is 5.73 Å². The summed E-state index contributed by atoms with van der Waals surface area (Å²) in [4.78, 5) is 0. The molecule has 1 unspecified atom stereocenters. The van der Waals surface area contributed by atoms with Crippen molar-refractivity contribution in [2.45, 2.75) is 25.7 Å². The molecule has 0 spiro atoms. The third-order valence-electron chi connectivity index (χ3n) is 2.98. The first-order valence-electron chi connectivity index (χ1n) is 5.87. The molecule has 17 heavy (non-hydrogen) atoms. The Hall–Kier alpha value is -0.870. The minimum atomic E-state index is -2.86. The molecule has 0 radical (unpaired) electrons. The van der Waals surface area contributed by atoms with Gasteiger partial charge < -0.3 is 5.73 Å². The molecule has 1 aromatic carbocycles. The highest BCUT2D eigenvalue weighted by Gasteiger charge is 2.12. The van der Waals surface area contributed by atoms with Gasteiger partial charge in [-0.05, 0) is 43.4 Å². The largest absolute Gasteiger partial charge is 0.330 e. The van der Waals surface area contributed by atoms with E-state index in [1.165, 1.54) is 17.4 Å². The minimum Gasteiger partial charge on any atom is -0.330 e. The zero-order chi connectivity index (χ0) is 12.9. The van der Waals surface area contributed by atoms with Gasteiger partial charge in [0.1, 0.15) is 9.84 Å². The van der Waals surface area contributed by atoms with Gasteiger partial charge in [-0.1, -0.05) is 24.3 Å². The van der Waals surface area contributed by atoms with Gasteiger partial charge in [-0.25, -0.2) is 8.42 Å². The topological polar surface area (TPSA) is 60.2 Å². The summed E-state index contributed by atoms with van der Waals surface area (Å²) in [6, 6.07) is 8.15. The zero-order valence-corrected chi connectivity index (χ0v) is 11.3. The summed E-state index contributed by atoms with van der Waals surface area (Å²) in [5, 5.41) is 0. The summed E-state index contributed by atoms with van der Waals surface area (Å²) in [7, 11) is -2.86. The van der Waals surface area contributed by atoms with E-state index in [-0.39, 0.29) is 11.7 Å². The number of rotatable bonds is 6. The maximum absolute atomic E-state index is 11.1. The molecule has 0 aliphatic rings. The number of sulfone groups is 1. The minimum absolute atomic E-state index is 0.245. The Bertz CT molecular complexity index is 454. The fourth-order valence-electron chi connectivity index (χ4n) is 2.04. The first kappa shape index (κ1) is 14.2. The van der Waals surface area contributed by atoms with E-state index in [2.05, 4.69) is 19.1 Å². The van der Waals surface area contributed by atoms with Gasteiger partial charge in [-0.15, -0.1) is 0 Å². The summed E-state index contributed by atoms with van der Waals surface area (Å²) < 4.78 is 22.1. The van der Waals surface area contributed by atoms with Crippen LogP contribution in [0.15, 0.2) is 24.3 Å². The molecule has 0 aromatic heterocycles. The molecule has 2 N–H and O–H groups in total. The molecule has 0 saturated carbocycles. The molecule has 0 aliphatic carbocycles. The monoisotopic (exact) mass is 255 g/mol. The van der Waals surface area contributed by atoms with Crippen LogP contribution < -0.4 is 5.73 Å². The van der Waals surface area contributed by atoms with Gasteiger partial charge in [0.25, 0.3) is 0 Å². The lowest BCUT2D eigenvalue weighted by atomic mass is 9.91. The molecular weight excluding hydrogens is 234 g/mol. The van der Waals surface area contributed by atoms with E-state index in [1.807, 2.05) is 12.1 Å². The highest BCUT2D eigenvalue weighted by atomic mass is 32.2. The molecule has 1 aromatic rings. The third kappa shape index (κ3) is 4.88. The van der Waals surface area contributed by atoms with Crippen molar-refractivity contribution in [2.75, 3.05) is 18.6 Å². The molecule has 3 nitrogen and oxygen atoms in total. The Balaban J connectivity index is 2.64. The first-order chi connectivity index (χ1) is 7.94. The number of hydrogen-bond donors (Lipinski definition) is 1. The van der Waals surface area contributed by atoms with Crippen molar-refractivity contribution >= 4 is 9.84 Å². The van der Waals surface area contributed by atoms with Gasteiger partial charge in [0.2, 0.25) is 0 Å². The number of aryl methyl sites for hydroxylation is 1. The highest BCUT2D eigenvalue weighted by Crippen LogP contribution is 2.23. The molecule has 0 fully saturated rings. The second-order valence-corrected chi connectivity index (χ2v) is 6.82. The smallest absolute Gasteiger partial charge is 0.147 e. The van der Waals surface area contributed by atoms with Crippen LogP contribution in [0.1, 0.15) is 29.9 Å². The van der Waals surface area contributed by atoms with Gasteiger partial charge in [0.15, 0.2) is 0 Å². The lowest BCUT2D eigenvalue weighted by Crippen LogP contribution is -2.15. The molecule has 0 amide bonds. The maximum atomic E-state index is 11.1. The van der Waals surface area contributed by atoms with E-state index in [9.17, 15) is 8.42 Å². The van der Waals surface area contributed by atoms with Gasteiger partial charge in [0, 0.05) is 12.0 Å². The van der Waals surface area contributed by atoms with E-state index in [0.717, 1.165) is 6.42 Å². The summed E-state index contributed by atoms with van der Waals surface area (Å²) in [6.07, 6.45) is 2.78. The predicted molar refractivity (Wildman–Crippen MR) is 71.9 cm³/mol. The zero-order valence-electron chi connectivity index (χ0n) is 10.5. The van der Waals surface area contributed by atoms with E-state index in [1.54, 1.807) is 0 Å². The average Bonchev–Trinajstić information content (AvgIpc) is 2.24. The molecule has 0 saturated heterocycles. The van der Waals surface area contributed by atoms with Crippen molar-refractivity contribution in [1.82, 2.24) is 0 Å². The summed E-state index contributed by atoms with van der Waals surface area (Å²) in [5.41, 5.74) is 8.24. The fraction of sp³-hybridized carbons (Fsp3) is 0.538. The SMILES string of the molecule is Cc1ccccc1C(CN)CCCS(C)(=O)=O. The second kappa shape index (κ2) is 6.17. The Morgan fingerprint density at radius 2 is 1.94 bits per heavy atom. The average molecular weight is 255 g/mol. The first-order valence-corrected chi connectivity index (χ1v) is 7.93. The number of benzene rings is 1. The number of nitrogens with two attached hydrogens (primary N) is 1. The van der Waals surface area contributed by atoms with Crippen LogP contribution in [-0.2, 0) is 9.84 Å². The predicted octanol–water partition coefficient (Wildman–Crippen LogP) is 1.86. The third-order valence-corrected chi connectivity index (χ3v) is 4.01. The van der Waals surface area contributed by atoms with Gasteiger partial charge in [-0.3, -0.25) is 0 Å². The standard InChI is InChI=1S/C13H21NO2S/c1-11-6-3-4-8-13(11)12(10-14)7-5-9-17(2,15)16/h3-4,6,8,12H,5,7,9-10,14H2,1-2H3. The lowest BCUT2D eigenvalue weighted by molar-refractivity contribution is 0.584. The van der Waals surface area contributed by atoms with Crippen molar-refractivity contribution in [1.29, 1.82) is 0 Å². The van der Waals surface area contributed by atoms with E-state index >= 15 is 0 Å². The fourth-order valence-corrected chi connectivity index (χ4v) is 2.73. The van der Waals surface area contributed by atoms with Crippen LogP contribution in [0.25, 0.3) is 0 Å². The summed E-state index contributed by atoms with van der Waals surface area (Å²) in [5.74, 6) is 0.507. The molecule has 0 aliphatic heterocycles. The van der Waals surface area contributed by atoms with Gasteiger partial charge in [-0.2, -0.15) is 0 Å². The van der Waals surface area contributed by atoms with Crippen molar-refractivity contribution in [3.8, 4) is 0 Å². The van der Waals surface area contributed by atoms with Crippen LogP contribution in [0, 0.1) is 6.92 Å². The normalized spacial score (nSPS) is 13.6. The quantitative estimate of drug-likeness (QED) is 0.844. The molecule has 0 bridgehead atoms. The molecule has 1 rings (SSSR count). The Morgan fingerprint density at radius 3 is 2.47 bits per heavy atom. The summed E-state index contributed by atoms with van der Waals surface area (Å²) >= 11 is 0. The van der Waals surface area contributed by atoms with Crippen LogP contribution >= 0.6 is 0 Å². The van der Waals surface area contributed by atoms with Gasteiger partial charge >= 0.3 is 0 Å². The molecule has 0 heterocycles. The van der Waals surface area contributed by atoms with Crippen molar-refractivity contribution < 1.29 is 8.42 Å². The Morgan fingerprint density at radius 1 is 1.29 bits per heavy atom. The Kier molecular flexibility index (Phi) is 5.15. The van der Waals surface area contributed by atoms with E-state index in [0.29, 0.717) is 13.0 Å². The number of hydrogen-bond acceptors (Lipinski definition) is 3. The van der Waals surface area contributed by atoms with Crippen molar-refractivity contribution in [2.24, 2.45) is 5.73 Å². The van der Waals surface area contributed by atoms with Crippen LogP contribution in [0.4, 0.5) is 0 Å². The molecule has 96 valence electrons. The summed E-state index contributed by atoms with van der Waals surface area (Å²) in [6.45, 7) is 2.63.